The summed E-state index contributed by atoms with van der Waals surface area (Å²) in [6.07, 6.45) is -4.36. The number of rotatable bonds is 7. The van der Waals surface area contributed by atoms with Crippen molar-refractivity contribution in [2.45, 2.75) is 36.9 Å². The maximum Gasteiger partial charge on any atom is 0.416 e. The average Bonchev–Trinajstić information content (AvgIpc) is 3.14. The summed E-state index contributed by atoms with van der Waals surface area (Å²) < 4.78 is 50.9. The molecule has 10 heteroatoms. The van der Waals surface area contributed by atoms with Crippen LogP contribution in [0.3, 0.4) is 0 Å². The van der Waals surface area contributed by atoms with E-state index in [1.807, 2.05) is 31.2 Å². The van der Waals surface area contributed by atoms with Crippen molar-refractivity contribution in [3.05, 3.63) is 65.2 Å². The normalized spacial score (nSPS) is 22.5. The van der Waals surface area contributed by atoms with Crippen LogP contribution in [0, 0.1) is 0 Å². The minimum Gasteiger partial charge on any atom is -0.492 e. The SMILES string of the molecule is CC(COc1ccc(CC2SC(=O)NC2=O)cc1)N1CCOC(c2cccc(C(F)(F)F)c2)C1. The Kier molecular flexibility index (Phi) is 7.49. The Hall–Kier alpha value is -2.56. The Balaban J connectivity index is 1.29. The zero-order valence-electron chi connectivity index (χ0n) is 18.5. The van der Waals surface area contributed by atoms with Gasteiger partial charge >= 0.3 is 6.18 Å². The molecule has 0 bridgehead atoms. The van der Waals surface area contributed by atoms with Crippen molar-refractivity contribution in [3.63, 3.8) is 0 Å². The van der Waals surface area contributed by atoms with Crippen LogP contribution in [-0.4, -0.2) is 53.6 Å². The van der Waals surface area contributed by atoms with Gasteiger partial charge in [-0.15, -0.1) is 0 Å². The standard InChI is InChI=1S/C24H25F3N2O4S/c1-15(14-33-19-7-5-16(6-8-19)11-21-22(30)28-23(31)34-21)29-9-10-32-20(13-29)17-3-2-4-18(12-17)24(25,26)27/h2-8,12,15,20-21H,9-11,13-14H2,1H3,(H,28,30,31). The lowest BCUT2D eigenvalue weighted by molar-refractivity contribution is -0.137. The topological polar surface area (TPSA) is 67.9 Å². The Morgan fingerprint density at radius 2 is 1.97 bits per heavy atom. The minimum absolute atomic E-state index is 0.0291. The summed E-state index contributed by atoms with van der Waals surface area (Å²) >= 11 is 1.00. The molecule has 4 rings (SSSR count). The van der Waals surface area contributed by atoms with Gasteiger partial charge in [-0.2, -0.15) is 13.2 Å². The van der Waals surface area contributed by atoms with Gasteiger partial charge < -0.3 is 9.47 Å². The van der Waals surface area contributed by atoms with Crippen LogP contribution in [0.1, 0.15) is 29.7 Å². The van der Waals surface area contributed by atoms with Crippen LogP contribution in [0.2, 0.25) is 0 Å². The predicted molar refractivity (Wildman–Crippen MR) is 122 cm³/mol. The molecule has 34 heavy (non-hydrogen) atoms. The maximum atomic E-state index is 13.1. The quantitative estimate of drug-likeness (QED) is 0.614. The highest BCUT2D eigenvalue weighted by molar-refractivity contribution is 8.15. The number of carbonyl (C=O) groups excluding carboxylic acids is 2. The number of nitrogens with one attached hydrogen (secondary N) is 1. The molecule has 2 fully saturated rings. The maximum absolute atomic E-state index is 13.1. The molecule has 3 unspecified atom stereocenters. The number of imide groups is 1. The van der Waals surface area contributed by atoms with Gasteiger partial charge in [-0.05, 0) is 48.7 Å². The lowest BCUT2D eigenvalue weighted by atomic mass is 10.0. The second-order valence-corrected chi connectivity index (χ2v) is 9.54. The summed E-state index contributed by atoms with van der Waals surface area (Å²) in [5.41, 5.74) is 0.767. The number of ether oxygens (including phenoxy) is 2. The monoisotopic (exact) mass is 494 g/mol. The van der Waals surface area contributed by atoms with Crippen molar-refractivity contribution in [1.82, 2.24) is 10.2 Å². The summed E-state index contributed by atoms with van der Waals surface area (Å²) in [5.74, 6) is 0.413. The van der Waals surface area contributed by atoms with E-state index in [1.54, 1.807) is 6.07 Å². The van der Waals surface area contributed by atoms with Crippen LogP contribution in [0.4, 0.5) is 18.0 Å². The molecule has 0 saturated carbocycles. The molecule has 0 spiro atoms. The first-order chi connectivity index (χ1) is 16.2. The number of nitrogens with zero attached hydrogens (tertiary/aromatic N) is 1. The fourth-order valence-electron chi connectivity index (χ4n) is 3.97. The molecule has 2 heterocycles. The van der Waals surface area contributed by atoms with Crippen molar-refractivity contribution in [2.75, 3.05) is 26.3 Å². The third-order valence-electron chi connectivity index (χ3n) is 5.91. The number of hydrogen-bond acceptors (Lipinski definition) is 6. The van der Waals surface area contributed by atoms with E-state index < -0.39 is 23.1 Å². The third kappa shape index (κ3) is 6.11. The van der Waals surface area contributed by atoms with Crippen molar-refractivity contribution < 1.29 is 32.2 Å². The molecule has 2 aliphatic heterocycles. The van der Waals surface area contributed by atoms with Crippen molar-refractivity contribution >= 4 is 22.9 Å². The number of halogens is 3. The molecule has 6 nitrogen and oxygen atoms in total. The van der Waals surface area contributed by atoms with Gasteiger partial charge in [0.2, 0.25) is 5.91 Å². The molecule has 2 aliphatic rings. The van der Waals surface area contributed by atoms with Crippen LogP contribution in [0.15, 0.2) is 48.5 Å². The van der Waals surface area contributed by atoms with Crippen molar-refractivity contribution in [2.24, 2.45) is 0 Å². The molecule has 0 aromatic heterocycles. The zero-order valence-corrected chi connectivity index (χ0v) is 19.3. The van der Waals surface area contributed by atoms with Crippen LogP contribution in [0.25, 0.3) is 0 Å². The minimum atomic E-state index is -4.39. The van der Waals surface area contributed by atoms with E-state index in [9.17, 15) is 22.8 Å². The van der Waals surface area contributed by atoms with Gasteiger partial charge in [0.1, 0.15) is 12.4 Å². The largest absolute Gasteiger partial charge is 0.492 e. The first kappa shape index (κ1) is 24.6. The molecule has 3 atom stereocenters. The molecule has 0 radical (unpaired) electrons. The third-order valence-corrected chi connectivity index (χ3v) is 6.89. The Labute approximate surface area is 199 Å². The van der Waals surface area contributed by atoms with E-state index >= 15 is 0 Å². The number of hydrogen-bond donors (Lipinski definition) is 1. The first-order valence-corrected chi connectivity index (χ1v) is 11.8. The van der Waals surface area contributed by atoms with E-state index in [2.05, 4.69) is 10.2 Å². The van der Waals surface area contributed by atoms with Gasteiger partial charge in [0, 0.05) is 19.1 Å². The Morgan fingerprint density at radius 3 is 2.65 bits per heavy atom. The summed E-state index contributed by atoms with van der Waals surface area (Å²) in [5, 5.41) is 1.55. The Morgan fingerprint density at radius 1 is 1.21 bits per heavy atom. The van der Waals surface area contributed by atoms with E-state index in [0.29, 0.717) is 44.0 Å². The number of morpholine rings is 1. The molecule has 2 aromatic rings. The summed E-state index contributed by atoms with van der Waals surface area (Å²) in [4.78, 5) is 25.2. The van der Waals surface area contributed by atoms with E-state index in [1.165, 1.54) is 6.07 Å². The molecule has 2 aromatic carbocycles. The molecule has 182 valence electrons. The fraction of sp³-hybridized carbons (Fsp3) is 0.417. The van der Waals surface area contributed by atoms with E-state index in [0.717, 1.165) is 29.5 Å². The van der Waals surface area contributed by atoms with Crippen LogP contribution < -0.4 is 10.1 Å². The molecule has 1 N–H and O–H groups in total. The molecule has 2 amide bonds. The van der Waals surface area contributed by atoms with Gasteiger partial charge in [-0.1, -0.05) is 36.0 Å². The molecular weight excluding hydrogens is 469 g/mol. The lowest BCUT2D eigenvalue weighted by Crippen LogP contribution is -2.45. The zero-order chi connectivity index (χ0) is 24.3. The number of alkyl halides is 3. The van der Waals surface area contributed by atoms with Crippen molar-refractivity contribution in [1.29, 1.82) is 0 Å². The summed E-state index contributed by atoms with van der Waals surface area (Å²) in [7, 11) is 0. The van der Waals surface area contributed by atoms with Gasteiger partial charge in [-0.3, -0.25) is 19.8 Å². The van der Waals surface area contributed by atoms with Crippen LogP contribution in [0.5, 0.6) is 5.75 Å². The highest BCUT2D eigenvalue weighted by Gasteiger charge is 2.33. The second kappa shape index (κ2) is 10.4. The first-order valence-electron chi connectivity index (χ1n) is 10.9. The second-order valence-electron chi connectivity index (χ2n) is 8.37. The highest BCUT2D eigenvalue weighted by atomic mass is 32.2. The van der Waals surface area contributed by atoms with E-state index in [4.69, 9.17) is 9.47 Å². The highest BCUT2D eigenvalue weighted by Crippen LogP contribution is 2.32. The average molecular weight is 495 g/mol. The Bertz CT molecular complexity index is 1030. The fourth-order valence-corrected chi connectivity index (χ4v) is 4.83. The van der Waals surface area contributed by atoms with Gasteiger partial charge in [0.05, 0.1) is 23.5 Å². The van der Waals surface area contributed by atoms with Gasteiger partial charge in [0.25, 0.3) is 5.24 Å². The number of carbonyl (C=O) groups is 2. The lowest BCUT2D eigenvalue weighted by Gasteiger charge is -2.37. The molecular formula is C24H25F3N2O4S. The number of amides is 2. The van der Waals surface area contributed by atoms with E-state index in [-0.39, 0.29) is 17.2 Å². The van der Waals surface area contributed by atoms with Gasteiger partial charge in [-0.25, -0.2) is 0 Å². The van der Waals surface area contributed by atoms with Crippen LogP contribution >= 0.6 is 11.8 Å². The molecule has 2 saturated heterocycles. The summed E-state index contributed by atoms with van der Waals surface area (Å²) in [6.45, 7) is 3.98. The van der Waals surface area contributed by atoms with Crippen molar-refractivity contribution in [3.8, 4) is 5.75 Å². The number of thioether (sulfide) groups is 1. The smallest absolute Gasteiger partial charge is 0.416 e. The number of benzene rings is 2. The predicted octanol–water partition coefficient (Wildman–Crippen LogP) is 4.44. The van der Waals surface area contributed by atoms with Gasteiger partial charge in [0.15, 0.2) is 0 Å². The summed E-state index contributed by atoms with van der Waals surface area (Å²) in [6, 6.07) is 12.7. The molecule has 0 aliphatic carbocycles. The van der Waals surface area contributed by atoms with Crippen LogP contribution in [-0.2, 0) is 22.1 Å².